The summed E-state index contributed by atoms with van der Waals surface area (Å²) in [7, 11) is 1.99. The second kappa shape index (κ2) is 7.04. The summed E-state index contributed by atoms with van der Waals surface area (Å²) in [6.45, 7) is 10.1. The van der Waals surface area contributed by atoms with Gasteiger partial charge in [0.15, 0.2) is 0 Å². The normalized spacial score (nSPS) is 18.5. The molecule has 0 bridgehead atoms. The van der Waals surface area contributed by atoms with Crippen LogP contribution in [-0.4, -0.2) is 37.8 Å². The molecule has 20 heavy (non-hydrogen) atoms. The van der Waals surface area contributed by atoms with E-state index >= 15 is 0 Å². The Labute approximate surface area is 122 Å². The third-order valence-electron chi connectivity index (χ3n) is 3.94. The smallest absolute Gasteiger partial charge is 0.133 e. The van der Waals surface area contributed by atoms with Crippen LogP contribution in [0, 0.1) is 13.8 Å². The Morgan fingerprint density at radius 2 is 2.25 bits per heavy atom. The number of hydrogen-bond donors (Lipinski definition) is 1. The van der Waals surface area contributed by atoms with Crippen LogP contribution in [0.3, 0.4) is 0 Å². The van der Waals surface area contributed by atoms with E-state index < -0.39 is 0 Å². The summed E-state index contributed by atoms with van der Waals surface area (Å²) in [4.78, 5) is 7.16. The molecule has 1 aliphatic heterocycles. The minimum Gasteiger partial charge on any atom is -0.376 e. The zero-order valence-electron chi connectivity index (χ0n) is 13.2. The molecule has 1 aromatic heterocycles. The van der Waals surface area contributed by atoms with Gasteiger partial charge in [-0.3, -0.25) is 0 Å². The molecule has 1 atom stereocenters. The fourth-order valence-electron chi connectivity index (χ4n) is 2.90. The zero-order chi connectivity index (χ0) is 14.5. The van der Waals surface area contributed by atoms with Crippen molar-refractivity contribution in [2.24, 2.45) is 0 Å². The van der Waals surface area contributed by atoms with Gasteiger partial charge in [0.05, 0.1) is 6.10 Å². The third-order valence-corrected chi connectivity index (χ3v) is 3.94. The van der Waals surface area contributed by atoms with E-state index in [1.54, 1.807) is 0 Å². The Kier molecular flexibility index (Phi) is 5.38. The first kappa shape index (κ1) is 15.3. The van der Waals surface area contributed by atoms with Crippen molar-refractivity contribution in [1.82, 2.24) is 10.3 Å². The number of nitrogens with one attached hydrogen (secondary N) is 1. The molecule has 1 saturated heterocycles. The molecule has 0 spiro atoms. The molecule has 0 amide bonds. The van der Waals surface area contributed by atoms with Crippen molar-refractivity contribution in [2.75, 3.05) is 31.6 Å². The van der Waals surface area contributed by atoms with Crippen molar-refractivity contribution in [3.8, 4) is 0 Å². The third kappa shape index (κ3) is 3.49. The number of aromatic nitrogens is 1. The van der Waals surface area contributed by atoms with Gasteiger partial charge in [0.25, 0.3) is 0 Å². The molecule has 0 aliphatic carbocycles. The quantitative estimate of drug-likeness (QED) is 0.866. The molecule has 1 N–H and O–H groups in total. The molecule has 4 nitrogen and oxygen atoms in total. The number of pyridine rings is 1. The number of hydrogen-bond acceptors (Lipinski definition) is 4. The monoisotopic (exact) mass is 277 g/mol. The second-order valence-corrected chi connectivity index (χ2v) is 5.59. The number of likely N-dealkylation sites (N-methyl/N-ethyl adjacent to an activating group) is 1. The maximum atomic E-state index is 5.78. The number of nitrogens with zero attached hydrogens (tertiary/aromatic N) is 2. The van der Waals surface area contributed by atoms with Crippen LogP contribution < -0.4 is 10.2 Å². The lowest BCUT2D eigenvalue weighted by Gasteiger charge is -2.28. The highest BCUT2D eigenvalue weighted by molar-refractivity contribution is 5.51. The molecule has 4 heteroatoms. The van der Waals surface area contributed by atoms with E-state index in [9.17, 15) is 0 Å². The van der Waals surface area contributed by atoms with E-state index in [2.05, 4.69) is 37.1 Å². The minimum absolute atomic E-state index is 0.361. The number of aryl methyl sites for hydroxylation is 2. The van der Waals surface area contributed by atoms with Gasteiger partial charge in [-0.2, -0.15) is 0 Å². The average molecular weight is 277 g/mol. The number of anilines is 1. The van der Waals surface area contributed by atoms with Crippen LogP contribution in [0.5, 0.6) is 0 Å². The maximum absolute atomic E-state index is 5.78. The van der Waals surface area contributed by atoms with Gasteiger partial charge in [-0.25, -0.2) is 4.98 Å². The summed E-state index contributed by atoms with van der Waals surface area (Å²) in [5.74, 6) is 1.12. The van der Waals surface area contributed by atoms with Crippen molar-refractivity contribution >= 4 is 5.82 Å². The van der Waals surface area contributed by atoms with E-state index in [-0.39, 0.29) is 0 Å². The first-order valence-electron chi connectivity index (χ1n) is 7.64. The molecule has 2 heterocycles. The van der Waals surface area contributed by atoms with Gasteiger partial charge in [-0.15, -0.1) is 0 Å². The number of rotatable bonds is 6. The predicted octanol–water partition coefficient (Wildman–Crippen LogP) is 2.42. The highest BCUT2D eigenvalue weighted by Crippen LogP contribution is 2.24. The van der Waals surface area contributed by atoms with Gasteiger partial charge >= 0.3 is 0 Å². The molecule has 1 fully saturated rings. The molecule has 1 aromatic rings. The SMILES string of the molecule is CCN(CC1CCCO1)c1nc(C)cc(C)c1CNC. The van der Waals surface area contributed by atoms with Crippen LogP contribution in [-0.2, 0) is 11.3 Å². The van der Waals surface area contributed by atoms with Gasteiger partial charge in [-0.05, 0) is 52.3 Å². The van der Waals surface area contributed by atoms with Crippen LogP contribution in [0.15, 0.2) is 6.07 Å². The van der Waals surface area contributed by atoms with E-state index in [4.69, 9.17) is 9.72 Å². The Balaban J connectivity index is 2.26. The largest absolute Gasteiger partial charge is 0.376 e. The maximum Gasteiger partial charge on any atom is 0.133 e. The highest BCUT2D eigenvalue weighted by atomic mass is 16.5. The van der Waals surface area contributed by atoms with Crippen LogP contribution in [0.25, 0.3) is 0 Å². The van der Waals surface area contributed by atoms with Crippen LogP contribution >= 0.6 is 0 Å². The van der Waals surface area contributed by atoms with Gasteiger partial charge in [0, 0.05) is 37.5 Å². The lowest BCUT2D eigenvalue weighted by molar-refractivity contribution is 0.115. The highest BCUT2D eigenvalue weighted by Gasteiger charge is 2.21. The molecule has 1 unspecified atom stereocenters. The predicted molar refractivity (Wildman–Crippen MR) is 83.3 cm³/mol. The summed E-state index contributed by atoms with van der Waals surface area (Å²) in [5, 5.41) is 3.26. The van der Waals surface area contributed by atoms with Crippen molar-refractivity contribution in [1.29, 1.82) is 0 Å². The molecule has 2 rings (SSSR count). The molecule has 112 valence electrons. The fourth-order valence-corrected chi connectivity index (χ4v) is 2.90. The number of ether oxygens (including phenoxy) is 1. The second-order valence-electron chi connectivity index (χ2n) is 5.59. The topological polar surface area (TPSA) is 37.4 Å². The van der Waals surface area contributed by atoms with E-state index in [0.717, 1.165) is 37.8 Å². The first-order chi connectivity index (χ1) is 9.65. The standard InChI is InChI=1S/C16H27N3O/c1-5-19(11-14-7-6-8-20-14)16-15(10-17-4)12(2)9-13(3)18-16/h9,14,17H,5-8,10-11H2,1-4H3. The van der Waals surface area contributed by atoms with Crippen molar-refractivity contribution in [2.45, 2.75) is 46.3 Å². The van der Waals surface area contributed by atoms with Gasteiger partial charge in [0.2, 0.25) is 0 Å². The van der Waals surface area contributed by atoms with Crippen molar-refractivity contribution in [3.63, 3.8) is 0 Å². The molecular formula is C16H27N3O. The molecular weight excluding hydrogens is 250 g/mol. The fraction of sp³-hybridized carbons (Fsp3) is 0.688. The summed E-state index contributed by atoms with van der Waals surface area (Å²) in [6.07, 6.45) is 2.72. The van der Waals surface area contributed by atoms with E-state index in [1.807, 2.05) is 7.05 Å². The summed E-state index contributed by atoms with van der Waals surface area (Å²) in [6, 6.07) is 2.16. The average Bonchev–Trinajstić information content (AvgIpc) is 2.92. The van der Waals surface area contributed by atoms with Crippen LogP contribution in [0.1, 0.15) is 36.6 Å². The summed E-state index contributed by atoms with van der Waals surface area (Å²) in [5.41, 5.74) is 3.70. The molecule has 1 aliphatic rings. The molecule has 0 radical (unpaired) electrons. The van der Waals surface area contributed by atoms with Gasteiger partial charge < -0.3 is 15.0 Å². The van der Waals surface area contributed by atoms with E-state index in [1.165, 1.54) is 24.0 Å². The first-order valence-corrected chi connectivity index (χ1v) is 7.64. The lowest BCUT2D eigenvalue weighted by atomic mass is 10.1. The lowest BCUT2D eigenvalue weighted by Crippen LogP contribution is -2.34. The minimum atomic E-state index is 0.361. The van der Waals surface area contributed by atoms with Crippen LogP contribution in [0.4, 0.5) is 5.82 Å². The zero-order valence-corrected chi connectivity index (χ0v) is 13.2. The van der Waals surface area contributed by atoms with Crippen molar-refractivity contribution < 1.29 is 4.74 Å². The molecule has 0 saturated carbocycles. The Morgan fingerprint density at radius 3 is 2.85 bits per heavy atom. The summed E-state index contributed by atoms with van der Waals surface area (Å²) < 4.78 is 5.78. The van der Waals surface area contributed by atoms with Gasteiger partial charge in [0.1, 0.15) is 5.82 Å². The van der Waals surface area contributed by atoms with Gasteiger partial charge in [-0.1, -0.05) is 0 Å². The van der Waals surface area contributed by atoms with Crippen molar-refractivity contribution in [3.05, 3.63) is 22.9 Å². The Morgan fingerprint density at radius 1 is 1.45 bits per heavy atom. The van der Waals surface area contributed by atoms with E-state index in [0.29, 0.717) is 6.10 Å². The van der Waals surface area contributed by atoms with Crippen LogP contribution in [0.2, 0.25) is 0 Å². The molecule has 0 aromatic carbocycles. The Bertz CT molecular complexity index is 442. The Hall–Kier alpha value is -1.13. The summed E-state index contributed by atoms with van der Waals surface area (Å²) >= 11 is 0.